The lowest BCUT2D eigenvalue weighted by atomic mass is 10.1. The number of imide groups is 1. The highest BCUT2D eigenvalue weighted by molar-refractivity contribution is 8.18. The van der Waals surface area contributed by atoms with Gasteiger partial charge in [-0.05, 0) is 35.9 Å². The summed E-state index contributed by atoms with van der Waals surface area (Å²) >= 11 is 2.21. The Morgan fingerprint density at radius 3 is 2.71 bits per heavy atom. The molecule has 0 atom stereocenters. The second kappa shape index (κ2) is 9.28. The van der Waals surface area contributed by atoms with Gasteiger partial charge in [0.15, 0.2) is 5.13 Å². The Bertz CT molecular complexity index is 1170. The van der Waals surface area contributed by atoms with Gasteiger partial charge in [-0.3, -0.25) is 19.3 Å². The van der Waals surface area contributed by atoms with Gasteiger partial charge in [-0.25, -0.2) is 4.98 Å². The quantitative estimate of drug-likeness (QED) is 0.551. The number of thioether (sulfide) groups is 1. The molecule has 0 radical (unpaired) electrons. The molecule has 3 amide bonds. The first kappa shape index (κ1) is 21.0. The van der Waals surface area contributed by atoms with Crippen LogP contribution in [0, 0.1) is 6.92 Å². The number of benzene rings is 2. The fraction of sp³-hybridized carbons (Fsp3) is 0.130. The Hall–Kier alpha value is -3.23. The van der Waals surface area contributed by atoms with E-state index in [4.69, 9.17) is 0 Å². The maximum absolute atomic E-state index is 12.6. The molecule has 1 N–H and O–H groups in total. The summed E-state index contributed by atoms with van der Waals surface area (Å²) in [6, 6.07) is 17.5. The molecule has 1 aromatic heterocycles. The minimum absolute atomic E-state index is 0.304. The van der Waals surface area contributed by atoms with Crippen molar-refractivity contribution in [3.63, 3.8) is 0 Å². The summed E-state index contributed by atoms with van der Waals surface area (Å²) in [6.45, 7) is 1.70. The van der Waals surface area contributed by atoms with E-state index < -0.39 is 17.1 Å². The Kier molecular flexibility index (Phi) is 6.29. The standard InChI is InChI=1S/C23H19N3O3S2/c1-15-6-5-9-17(10-15)11-18-13-24-22(30-18)25-20(27)14-26-21(28)19(31-23(26)29)12-16-7-3-2-4-8-16/h2-10,12-13H,11,14H2,1H3,(H,24,25,27)/b19-12-. The van der Waals surface area contributed by atoms with Crippen LogP contribution in [0.25, 0.3) is 6.08 Å². The van der Waals surface area contributed by atoms with Gasteiger partial charge in [0.1, 0.15) is 6.54 Å². The van der Waals surface area contributed by atoms with Crippen molar-refractivity contribution in [2.75, 3.05) is 11.9 Å². The summed E-state index contributed by atoms with van der Waals surface area (Å²) in [5, 5.41) is 2.67. The minimum Gasteiger partial charge on any atom is -0.300 e. The van der Waals surface area contributed by atoms with Crippen LogP contribution < -0.4 is 5.32 Å². The number of anilines is 1. The summed E-state index contributed by atoms with van der Waals surface area (Å²) < 4.78 is 0. The molecule has 156 valence electrons. The van der Waals surface area contributed by atoms with Crippen molar-refractivity contribution in [1.29, 1.82) is 0 Å². The van der Waals surface area contributed by atoms with Gasteiger partial charge in [0.25, 0.3) is 11.1 Å². The number of thiazole rings is 1. The Morgan fingerprint density at radius 2 is 1.94 bits per heavy atom. The van der Waals surface area contributed by atoms with Crippen LogP contribution in [0.3, 0.4) is 0 Å². The Balaban J connectivity index is 1.37. The van der Waals surface area contributed by atoms with E-state index in [1.165, 1.54) is 22.5 Å². The van der Waals surface area contributed by atoms with E-state index in [1.807, 2.05) is 55.5 Å². The van der Waals surface area contributed by atoms with Crippen molar-refractivity contribution < 1.29 is 14.4 Å². The minimum atomic E-state index is -0.465. The van der Waals surface area contributed by atoms with Crippen LogP contribution in [-0.2, 0) is 16.0 Å². The zero-order valence-electron chi connectivity index (χ0n) is 16.7. The molecule has 0 bridgehead atoms. The highest BCUT2D eigenvalue weighted by atomic mass is 32.2. The van der Waals surface area contributed by atoms with Crippen molar-refractivity contribution >= 4 is 51.4 Å². The van der Waals surface area contributed by atoms with E-state index in [-0.39, 0.29) is 6.54 Å². The smallest absolute Gasteiger partial charge is 0.294 e. The SMILES string of the molecule is Cc1cccc(Cc2cnc(NC(=O)CN3C(=O)S/C(=C\c4ccccc4)C3=O)s2)c1. The van der Waals surface area contributed by atoms with Gasteiger partial charge in [0.05, 0.1) is 4.91 Å². The van der Waals surface area contributed by atoms with Gasteiger partial charge >= 0.3 is 0 Å². The summed E-state index contributed by atoms with van der Waals surface area (Å²) in [5.74, 6) is -0.923. The van der Waals surface area contributed by atoms with E-state index in [1.54, 1.807) is 12.3 Å². The third-order valence-corrected chi connectivity index (χ3v) is 6.35. The lowest BCUT2D eigenvalue weighted by molar-refractivity contribution is -0.127. The number of hydrogen-bond acceptors (Lipinski definition) is 6. The third-order valence-electron chi connectivity index (χ3n) is 4.53. The number of aryl methyl sites for hydroxylation is 1. The van der Waals surface area contributed by atoms with Gasteiger partial charge in [-0.15, -0.1) is 11.3 Å². The predicted octanol–water partition coefficient (Wildman–Crippen LogP) is 4.72. The van der Waals surface area contributed by atoms with Crippen molar-refractivity contribution in [3.05, 3.63) is 87.3 Å². The molecule has 2 aromatic carbocycles. The Morgan fingerprint density at radius 1 is 1.13 bits per heavy atom. The summed E-state index contributed by atoms with van der Waals surface area (Å²) in [7, 11) is 0. The number of hydrogen-bond donors (Lipinski definition) is 1. The van der Waals surface area contributed by atoms with Gasteiger partial charge in [-0.2, -0.15) is 0 Å². The predicted molar refractivity (Wildman–Crippen MR) is 124 cm³/mol. The molecule has 0 spiro atoms. The van der Waals surface area contributed by atoms with Crippen molar-refractivity contribution in [2.24, 2.45) is 0 Å². The number of amides is 3. The van der Waals surface area contributed by atoms with Crippen molar-refractivity contribution in [1.82, 2.24) is 9.88 Å². The van der Waals surface area contributed by atoms with Crippen LogP contribution in [0.15, 0.2) is 65.7 Å². The topological polar surface area (TPSA) is 79.4 Å². The van der Waals surface area contributed by atoms with E-state index in [9.17, 15) is 14.4 Å². The molecule has 3 aromatic rings. The molecule has 2 heterocycles. The average molecular weight is 450 g/mol. The van der Waals surface area contributed by atoms with E-state index >= 15 is 0 Å². The summed E-state index contributed by atoms with van der Waals surface area (Å²) in [5.41, 5.74) is 3.18. The Labute approximate surface area is 188 Å². The zero-order valence-corrected chi connectivity index (χ0v) is 18.3. The molecule has 31 heavy (non-hydrogen) atoms. The van der Waals surface area contributed by atoms with E-state index in [2.05, 4.69) is 16.4 Å². The number of rotatable bonds is 6. The fourth-order valence-corrected chi connectivity index (χ4v) is 4.81. The van der Waals surface area contributed by atoms with Gasteiger partial charge in [-0.1, -0.05) is 60.2 Å². The van der Waals surface area contributed by atoms with E-state index in [0.717, 1.165) is 33.5 Å². The average Bonchev–Trinajstić information content (AvgIpc) is 3.28. The van der Waals surface area contributed by atoms with Crippen molar-refractivity contribution in [2.45, 2.75) is 13.3 Å². The number of nitrogens with zero attached hydrogens (tertiary/aromatic N) is 2. The van der Waals surface area contributed by atoms with Crippen LogP contribution in [0.5, 0.6) is 0 Å². The van der Waals surface area contributed by atoms with Gasteiger partial charge in [0.2, 0.25) is 5.91 Å². The van der Waals surface area contributed by atoms with Crippen LogP contribution in [-0.4, -0.2) is 33.5 Å². The summed E-state index contributed by atoms with van der Waals surface area (Å²) in [6.07, 6.45) is 4.11. The molecular formula is C23H19N3O3S2. The zero-order chi connectivity index (χ0) is 21.8. The maximum atomic E-state index is 12.6. The molecule has 0 aliphatic carbocycles. The first-order chi connectivity index (χ1) is 15.0. The second-order valence-corrected chi connectivity index (χ2v) is 9.13. The van der Waals surface area contributed by atoms with Crippen LogP contribution in [0.1, 0.15) is 21.6 Å². The lowest BCUT2D eigenvalue weighted by Gasteiger charge is -2.11. The molecule has 8 heteroatoms. The second-order valence-electron chi connectivity index (χ2n) is 7.02. The molecule has 1 fully saturated rings. The number of aromatic nitrogens is 1. The lowest BCUT2D eigenvalue weighted by Crippen LogP contribution is -2.36. The molecular weight excluding hydrogens is 430 g/mol. The largest absolute Gasteiger partial charge is 0.300 e. The number of carbonyl (C=O) groups excluding carboxylic acids is 3. The number of carbonyl (C=O) groups is 3. The monoisotopic (exact) mass is 449 g/mol. The molecule has 0 saturated carbocycles. The molecule has 1 aliphatic heterocycles. The molecule has 1 saturated heterocycles. The first-order valence-corrected chi connectivity index (χ1v) is 11.2. The molecule has 4 rings (SSSR count). The van der Waals surface area contributed by atoms with Crippen LogP contribution in [0.2, 0.25) is 0 Å². The fourth-order valence-electron chi connectivity index (χ4n) is 3.11. The van der Waals surface area contributed by atoms with E-state index in [0.29, 0.717) is 10.0 Å². The highest BCUT2D eigenvalue weighted by Crippen LogP contribution is 2.32. The summed E-state index contributed by atoms with van der Waals surface area (Å²) in [4.78, 5) is 43.7. The highest BCUT2D eigenvalue weighted by Gasteiger charge is 2.36. The normalized spacial score (nSPS) is 15.0. The third kappa shape index (κ3) is 5.28. The first-order valence-electron chi connectivity index (χ1n) is 9.58. The number of nitrogens with one attached hydrogen (secondary N) is 1. The van der Waals surface area contributed by atoms with Gasteiger partial charge in [0, 0.05) is 17.5 Å². The molecule has 1 aliphatic rings. The molecule has 0 unspecified atom stereocenters. The van der Waals surface area contributed by atoms with Gasteiger partial charge < -0.3 is 5.32 Å². The van der Waals surface area contributed by atoms with Crippen LogP contribution in [0.4, 0.5) is 9.93 Å². The van der Waals surface area contributed by atoms with Crippen LogP contribution >= 0.6 is 23.1 Å². The maximum Gasteiger partial charge on any atom is 0.294 e. The van der Waals surface area contributed by atoms with Crippen molar-refractivity contribution in [3.8, 4) is 0 Å². The molecule has 6 nitrogen and oxygen atoms in total.